The van der Waals surface area contributed by atoms with E-state index in [1.165, 1.54) is 10.4 Å². The number of hydrogen-bond donors (Lipinski definition) is 0. The molecule has 6 nitrogen and oxygen atoms in total. The zero-order chi connectivity index (χ0) is 22.8. The van der Waals surface area contributed by atoms with Crippen molar-refractivity contribution in [3.8, 4) is 0 Å². The van der Waals surface area contributed by atoms with Gasteiger partial charge in [0.05, 0.1) is 28.8 Å². The Morgan fingerprint density at radius 1 is 0.939 bits per heavy atom. The van der Waals surface area contributed by atoms with Crippen LogP contribution in [-0.2, 0) is 14.8 Å². The molecule has 5 rings (SSSR count). The minimum atomic E-state index is -3.66. The molecule has 0 aliphatic carbocycles. The second-order valence-electron chi connectivity index (χ2n) is 8.25. The molecule has 1 saturated heterocycles. The molecule has 0 amide bonds. The molecule has 0 saturated carbocycles. The molecule has 172 valence electrons. The minimum absolute atomic E-state index is 0.0915. The van der Waals surface area contributed by atoms with E-state index in [0.717, 1.165) is 41.2 Å². The first kappa shape index (κ1) is 22.4. The SMILES string of the molecule is O=C(C1=C2SC=C(c3ccccc3)N2CCCC1)c1cccc(S(=O)(=O)N2CCOCC2)c1. The highest BCUT2D eigenvalue weighted by Gasteiger charge is 2.31. The van der Waals surface area contributed by atoms with Crippen molar-refractivity contribution in [2.24, 2.45) is 0 Å². The van der Waals surface area contributed by atoms with Gasteiger partial charge >= 0.3 is 0 Å². The van der Waals surface area contributed by atoms with Crippen molar-refractivity contribution < 1.29 is 17.9 Å². The molecule has 33 heavy (non-hydrogen) atoms. The van der Waals surface area contributed by atoms with Crippen molar-refractivity contribution >= 4 is 33.3 Å². The maximum atomic E-state index is 13.6. The topological polar surface area (TPSA) is 66.9 Å². The Labute approximate surface area is 199 Å². The Morgan fingerprint density at radius 2 is 1.73 bits per heavy atom. The van der Waals surface area contributed by atoms with E-state index in [-0.39, 0.29) is 10.7 Å². The quantitative estimate of drug-likeness (QED) is 0.591. The highest BCUT2D eigenvalue weighted by molar-refractivity contribution is 8.06. The molecule has 3 aliphatic heterocycles. The molecule has 0 spiro atoms. The van der Waals surface area contributed by atoms with Gasteiger partial charge in [-0.25, -0.2) is 8.42 Å². The predicted octanol–water partition coefficient (Wildman–Crippen LogP) is 4.33. The van der Waals surface area contributed by atoms with Gasteiger partial charge in [-0.15, -0.1) is 0 Å². The molecule has 2 aromatic carbocycles. The van der Waals surface area contributed by atoms with Crippen LogP contribution in [0.2, 0.25) is 0 Å². The van der Waals surface area contributed by atoms with E-state index >= 15 is 0 Å². The van der Waals surface area contributed by atoms with Crippen LogP contribution >= 0.6 is 11.8 Å². The molecular formula is C25H26N2O4S2. The van der Waals surface area contributed by atoms with Crippen molar-refractivity contribution in [2.75, 3.05) is 32.8 Å². The molecule has 2 aromatic rings. The number of hydrogen-bond acceptors (Lipinski definition) is 6. The van der Waals surface area contributed by atoms with Gasteiger partial charge in [0, 0.05) is 36.2 Å². The van der Waals surface area contributed by atoms with Crippen LogP contribution in [0.15, 0.2) is 75.5 Å². The fraction of sp³-hybridized carbons (Fsp3) is 0.320. The number of nitrogens with zero attached hydrogens (tertiary/aromatic N) is 2. The van der Waals surface area contributed by atoms with E-state index in [9.17, 15) is 13.2 Å². The number of fused-ring (bicyclic) bond motifs is 1. The zero-order valence-corrected chi connectivity index (χ0v) is 19.9. The normalized spacial score (nSPS) is 19.8. The van der Waals surface area contributed by atoms with Gasteiger partial charge < -0.3 is 9.64 Å². The maximum Gasteiger partial charge on any atom is 0.243 e. The van der Waals surface area contributed by atoms with Crippen LogP contribution in [0, 0.1) is 0 Å². The van der Waals surface area contributed by atoms with Gasteiger partial charge in [-0.3, -0.25) is 4.79 Å². The van der Waals surface area contributed by atoms with E-state index < -0.39 is 10.0 Å². The number of carbonyl (C=O) groups excluding carboxylic acids is 1. The van der Waals surface area contributed by atoms with E-state index in [2.05, 4.69) is 22.4 Å². The second-order valence-corrected chi connectivity index (χ2v) is 11.0. The molecule has 0 radical (unpaired) electrons. The third kappa shape index (κ3) is 4.40. The van der Waals surface area contributed by atoms with Gasteiger partial charge in [0.1, 0.15) is 0 Å². The van der Waals surface area contributed by atoms with Gasteiger partial charge in [-0.1, -0.05) is 54.2 Å². The predicted molar refractivity (Wildman–Crippen MR) is 130 cm³/mol. The second kappa shape index (κ2) is 9.46. The van der Waals surface area contributed by atoms with Crippen LogP contribution in [0.1, 0.15) is 35.2 Å². The maximum absolute atomic E-state index is 13.6. The van der Waals surface area contributed by atoms with Crippen LogP contribution in [-0.4, -0.2) is 56.3 Å². The molecule has 0 aromatic heterocycles. The summed E-state index contributed by atoms with van der Waals surface area (Å²) in [6.07, 6.45) is 2.61. The van der Waals surface area contributed by atoms with Crippen molar-refractivity contribution in [1.29, 1.82) is 0 Å². The monoisotopic (exact) mass is 482 g/mol. The number of ketones is 1. The average molecular weight is 483 g/mol. The standard InChI is InChI=1S/C25H26N2O4S2/c28-24(20-9-6-10-21(17-20)33(29,30)26-13-15-31-16-14-26)22-11-4-5-12-27-23(18-32-25(22)27)19-7-2-1-3-8-19/h1-3,6-10,17-18H,4-5,11-16H2. The van der Waals surface area contributed by atoms with Crippen LogP contribution in [0.25, 0.3) is 5.70 Å². The highest BCUT2D eigenvalue weighted by atomic mass is 32.2. The number of Topliss-reactive ketones (excluding diaryl/α,β-unsaturated/α-hetero) is 1. The first-order valence-electron chi connectivity index (χ1n) is 11.2. The highest BCUT2D eigenvalue weighted by Crippen LogP contribution is 2.44. The van der Waals surface area contributed by atoms with E-state index in [0.29, 0.717) is 38.3 Å². The minimum Gasteiger partial charge on any atom is -0.379 e. The fourth-order valence-corrected chi connectivity index (χ4v) is 7.03. The van der Waals surface area contributed by atoms with Crippen molar-refractivity contribution in [1.82, 2.24) is 9.21 Å². The summed E-state index contributed by atoms with van der Waals surface area (Å²) in [7, 11) is -3.66. The summed E-state index contributed by atoms with van der Waals surface area (Å²) < 4.78 is 32.9. The first-order valence-corrected chi connectivity index (χ1v) is 13.5. The lowest BCUT2D eigenvalue weighted by Crippen LogP contribution is -2.40. The number of benzene rings is 2. The average Bonchev–Trinajstić information content (AvgIpc) is 3.17. The first-order chi connectivity index (χ1) is 16.1. The lowest BCUT2D eigenvalue weighted by atomic mass is 10.00. The Bertz CT molecular complexity index is 1220. The third-order valence-corrected chi connectivity index (χ3v) is 9.11. The van der Waals surface area contributed by atoms with Gasteiger partial charge in [0.15, 0.2) is 5.78 Å². The Morgan fingerprint density at radius 3 is 2.52 bits per heavy atom. The summed E-state index contributed by atoms with van der Waals surface area (Å²) in [6, 6.07) is 16.7. The third-order valence-electron chi connectivity index (χ3n) is 6.18. The fourth-order valence-electron chi connectivity index (χ4n) is 4.43. The number of sulfonamides is 1. The Kier molecular flexibility index (Phi) is 6.42. The molecule has 0 bridgehead atoms. The molecule has 0 N–H and O–H groups in total. The van der Waals surface area contributed by atoms with E-state index in [4.69, 9.17) is 4.74 Å². The summed E-state index contributed by atoms with van der Waals surface area (Å²) in [5.41, 5.74) is 3.43. The van der Waals surface area contributed by atoms with Gasteiger partial charge in [-0.2, -0.15) is 4.31 Å². The lowest BCUT2D eigenvalue weighted by Gasteiger charge is -2.26. The molecular weight excluding hydrogens is 456 g/mol. The summed E-state index contributed by atoms with van der Waals surface area (Å²) in [5, 5.41) is 3.08. The van der Waals surface area contributed by atoms with Crippen LogP contribution in [0.5, 0.6) is 0 Å². The number of ether oxygens (including phenoxy) is 1. The molecule has 8 heteroatoms. The summed E-state index contributed by atoms with van der Waals surface area (Å²) >= 11 is 1.59. The zero-order valence-electron chi connectivity index (χ0n) is 18.3. The molecule has 1 fully saturated rings. The van der Waals surface area contributed by atoms with Crippen LogP contribution in [0.4, 0.5) is 0 Å². The van der Waals surface area contributed by atoms with Crippen molar-refractivity contribution in [3.05, 3.63) is 81.7 Å². The summed E-state index contributed by atoms with van der Waals surface area (Å²) in [6.45, 7) is 2.30. The van der Waals surface area contributed by atoms with Crippen molar-refractivity contribution in [2.45, 2.75) is 24.2 Å². The smallest absolute Gasteiger partial charge is 0.243 e. The van der Waals surface area contributed by atoms with E-state index in [1.807, 2.05) is 18.2 Å². The summed E-state index contributed by atoms with van der Waals surface area (Å²) in [4.78, 5) is 16.0. The van der Waals surface area contributed by atoms with Crippen LogP contribution < -0.4 is 0 Å². The Hall–Kier alpha value is -2.39. The number of rotatable bonds is 5. The van der Waals surface area contributed by atoms with Gasteiger partial charge in [0.25, 0.3) is 0 Å². The lowest BCUT2D eigenvalue weighted by molar-refractivity contribution is 0.0730. The van der Waals surface area contributed by atoms with Gasteiger partial charge in [0.2, 0.25) is 10.0 Å². The molecule has 3 heterocycles. The van der Waals surface area contributed by atoms with Gasteiger partial charge in [-0.05, 0) is 37.0 Å². The molecule has 0 unspecified atom stereocenters. The largest absolute Gasteiger partial charge is 0.379 e. The van der Waals surface area contributed by atoms with E-state index in [1.54, 1.807) is 30.0 Å². The molecule has 0 atom stereocenters. The number of thioether (sulfide) groups is 1. The summed E-state index contributed by atoms with van der Waals surface area (Å²) in [5.74, 6) is -0.0915. The number of allylic oxidation sites excluding steroid dienone is 1. The van der Waals surface area contributed by atoms with Crippen molar-refractivity contribution in [3.63, 3.8) is 0 Å². The Balaban J connectivity index is 1.46. The number of carbonyl (C=O) groups is 1. The number of morpholine rings is 1. The van der Waals surface area contributed by atoms with Crippen LogP contribution in [0.3, 0.4) is 0 Å². The molecule has 3 aliphatic rings.